The summed E-state index contributed by atoms with van der Waals surface area (Å²) in [7, 11) is -2.01. The zero-order valence-electron chi connectivity index (χ0n) is 11.0. The van der Waals surface area contributed by atoms with Crippen molar-refractivity contribution in [2.45, 2.75) is 11.8 Å². The van der Waals surface area contributed by atoms with Crippen LogP contribution in [0.1, 0.15) is 17.3 Å². The molecule has 106 valence electrons. The fourth-order valence-electron chi connectivity index (χ4n) is 1.45. The molecule has 0 atom stereocenters. The fourth-order valence-corrected chi connectivity index (χ4v) is 2.53. The van der Waals surface area contributed by atoms with Gasteiger partial charge in [-0.3, -0.25) is 4.79 Å². The maximum absolute atomic E-state index is 11.8. The van der Waals surface area contributed by atoms with Crippen LogP contribution in [0.2, 0.25) is 0 Å². The minimum absolute atomic E-state index is 0.0775. The highest BCUT2D eigenvalue weighted by molar-refractivity contribution is 7.89. The van der Waals surface area contributed by atoms with Gasteiger partial charge in [0.05, 0.1) is 11.5 Å². The molecule has 0 bridgehead atoms. The Labute approximate surface area is 113 Å². The molecule has 19 heavy (non-hydrogen) atoms. The first kappa shape index (κ1) is 15.6. The highest BCUT2D eigenvalue weighted by atomic mass is 32.2. The summed E-state index contributed by atoms with van der Waals surface area (Å²) in [4.78, 5) is 11.9. The second-order valence-electron chi connectivity index (χ2n) is 3.78. The van der Waals surface area contributed by atoms with E-state index < -0.39 is 10.0 Å². The topological polar surface area (TPSA) is 84.5 Å². The lowest BCUT2D eigenvalue weighted by Crippen LogP contribution is -2.27. The molecule has 0 fully saturated rings. The number of sulfonamides is 1. The van der Waals surface area contributed by atoms with Crippen LogP contribution >= 0.6 is 0 Å². The summed E-state index contributed by atoms with van der Waals surface area (Å²) in [5.74, 6) is -0.328. The van der Waals surface area contributed by atoms with Crippen LogP contribution in [-0.4, -0.2) is 41.1 Å². The van der Waals surface area contributed by atoms with E-state index in [1.165, 1.54) is 25.3 Å². The molecule has 0 aliphatic carbocycles. The van der Waals surface area contributed by atoms with Crippen LogP contribution in [0.3, 0.4) is 0 Å². The van der Waals surface area contributed by atoms with Gasteiger partial charge >= 0.3 is 0 Å². The molecule has 0 aromatic heterocycles. The molecule has 6 nitrogen and oxygen atoms in total. The van der Waals surface area contributed by atoms with Gasteiger partial charge in [0.15, 0.2) is 0 Å². The van der Waals surface area contributed by atoms with E-state index in [1.54, 1.807) is 13.0 Å². The van der Waals surface area contributed by atoms with Gasteiger partial charge < -0.3 is 10.1 Å². The smallest absolute Gasteiger partial charge is 0.251 e. The van der Waals surface area contributed by atoms with Crippen LogP contribution in [-0.2, 0) is 14.8 Å². The maximum atomic E-state index is 11.8. The normalized spacial score (nSPS) is 11.3. The number of benzene rings is 1. The molecular weight excluding hydrogens is 268 g/mol. The average Bonchev–Trinajstić information content (AvgIpc) is 2.39. The Morgan fingerprint density at radius 3 is 2.74 bits per heavy atom. The number of hydrogen-bond donors (Lipinski definition) is 2. The van der Waals surface area contributed by atoms with E-state index in [4.69, 9.17) is 4.74 Å². The van der Waals surface area contributed by atoms with Crippen LogP contribution in [0.25, 0.3) is 0 Å². The molecule has 1 aromatic rings. The molecule has 7 heteroatoms. The van der Waals surface area contributed by atoms with Gasteiger partial charge in [-0.1, -0.05) is 13.0 Å². The second-order valence-corrected chi connectivity index (χ2v) is 5.54. The van der Waals surface area contributed by atoms with Crippen molar-refractivity contribution < 1.29 is 17.9 Å². The highest BCUT2D eigenvalue weighted by Gasteiger charge is 2.14. The van der Waals surface area contributed by atoms with Crippen LogP contribution in [0.4, 0.5) is 0 Å². The lowest BCUT2D eigenvalue weighted by Gasteiger charge is -2.07. The Balaban J connectivity index is 2.85. The Hall–Kier alpha value is -1.44. The molecule has 2 N–H and O–H groups in total. The summed E-state index contributed by atoms with van der Waals surface area (Å²) < 4.78 is 30.8. The van der Waals surface area contributed by atoms with Gasteiger partial charge in [0.25, 0.3) is 5.91 Å². The van der Waals surface area contributed by atoms with Crippen LogP contribution in [0, 0.1) is 0 Å². The number of nitrogens with one attached hydrogen (secondary N) is 2. The lowest BCUT2D eigenvalue weighted by molar-refractivity contribution is 0.0937. The van der Waals surface area contributed by atoms with Gasteiger partial charge in [-0.2, -0.15) is 0 Å². The monoisotopic (exact) mass is 286 g/mol. The van der Waals surface area contributed by atoms with Crippen molar-refractivity contribution in [3.63, 3.8) is 0 Å². The Bertz CT molecular complexity index is 528. The van der Waals surface area contributed by atoms with Crippen molar-refractivity contribution >= 4 is 15.9 Å². The Morgan fingerprint density at radius 1 is 1.37 bits per heavy atom. The van der Waals surface area contributed by atoms with Crippen LogP contribution in [0.15, 0.2) is 29.2 Å². The van der Waals surface area contributed by atoms with Crippen LogP contribution in [0.5, 0.6) is 0 Å². The third-order valence-electron chi connectivity index (χ3n) is 2.33. The van der Waals surface area contributed by atoms with E-state index >= 15 is 0 Å². The Morgan fingerprint density at radius 2 is 2.11 bits per heavy atom. The lowest BCUT2D eigenvalue weighted by atomic mass is 10.2. The summed E-state index contributed by atoms with van der Waals surface area (Å²) in [6.07, 6.45) is 0. The number of ether oxygens (including phenoxy) is 1. The molecule has 1 amide bonds. The number of carbonyl (C=O) groups excluding carboxylic acids is 1. The van der Waals surface area contributed by atoms with Crippen LogP contribution < -0.4 is 10.0 Å². The van der Waals surface area contributed by atoms with Gasteiger partial charge in [0.1, 0.15) is 0 Å². The summed E-state index contributed by atoms with van der Waals surface area (Å²) >= 11 is 0. The molecule has 0 aliphatic rings. The molecule has 0 radical (unpaired) electrons. The first-order valence-corrected chi connectivity index (χ1v) is 7.36. The largest absolute Gasteiger partial charge is 0.383 e. The average molecular weight is 286 g/mol. The minimum atomic E-state index is -3.55. The maximum Gasteiger partial charge on any atom is 0.251 e. The van der Waals surface area contributed by atoms with Gasteiger partial charge in [-0.25, -0.2) is 13.1 Å². The second kappa shape index (κ2) is 7.22. The molecular formula is C12H18N2O4S. The molecule has 0 saturated carbocycles. The highest BCUT2D eigenvalue weighted by Crippen LogP contribution is 2.11. The molecule has 0 aliphatic heterocycles. The van der Waals surface area contributed by atoms with Gasteiger partial charge in [0.2, 0.25) is 10.0 Å². The predicted molar refractivity (Wildman–Crippen MR) is 71.5 cm³/mol. The molecule has 1 rings (SSSR count). The zero-order chi connectivity index (χ0) is 14.3. The van der Waals surface area contributed by atoms with Crippen molar-refractivity contribution in [1.29, 1.82) is 0 Å². The first-order valence-electron chi connectivity index (χ1n) is 5.88. The molecule has 0 spiro atoms. The van der Waals surface area contributed by atoms with Crippen molar-refractivity contribution in [3.8, 4) is 0 Å². The van der Waals surface area contributed by atoms with Crippen molar-refractivity contribution in [3.05, 3.63) is 29.8 Å². The summed E-state index contributed by atoms with van der Waals surface area (Å²) in [5.41, 5.74) is 0.301. The quantitative estimate of drug-likeness (QED) is 0.709. The van der Waals surface area contributed by atoms with E-state index in [0.717, 1.165) is 0 Å². The first-order chi connectivity index (χ1) is 9.01. The number of rotatable bonds is 7. The van der Waals surface area contributed by atoms with E-state index in [9.17, 15) is 13.2 Å². The summed E-state index contributed by atoms with van der Waals surface area (Å²) in [6, 6.07) is 5.90. The predicted octanol–water partition coefficient (Wildman–Crippen LogP) is 0.361. The van der Waals surface area contributed by atoms with E-state index in [-0.39, 0.29) is 10.8 Å². The van der Waals surface area contributed by atoms with Crippen molar-refractivity contribution in [1.82, 2.24) is 10.0 Å². The van der Waals surface area contributed by atoms with Gasteiger partial charge in [-0.15, -0.1) is 0 Å². The molecule has 1 aromatic carbocycles. The standard InChI is InChI=1S/C12H18N2O4S/c1-3-14-19(16,17)11-6-4-5-10(9-11)12(15)13-7-8-18-2/h4-6,9,14H,3,7-8H2,1-2H3,(H,13,15). The van der Waals surface area contributed by atoms with Crippen molar-refractivity contribution in [2.75, 3.05) is 26.8 Å². The van der Waals surface area contributed by atoms with E-state index in [0.29, 0.717) is 25.3 Å². The Kier molecular flexibility index (Phi) is 5.94. The van der Waals surface area contributed by atoms with E-state index in [2.05, 4.69) is 10.0 Å². The molecule has 0 unspecified atom stereocenters. The number of amides is 1. The van der Waals surface area contributed by atoms with E-state index in [1.807, 2.05) is 0 Å². The third kappa shape index (κ3) is 4.62. The molecule has 0 heterocycles. The number of hydrogen-bond acceptors (Lipinski definition) is 4. The summed E-state index contributed by atoms with van der Waals surface area (Å²) in [5, 5.41) is 2.63. The number of carbonyl (C=O) groups is 1. The summed E-state index contributed by atoms with van der Waals surface area (Å²) in [6.45, 7) is 2.77. The van der Waals surface area contributed by atoms with Crippen molar-refractivity contribution in [2.24, 2.45) is 0 Å². The number of methoxy groups -OCH3 is 1. The zero-order valence-corrected chi connectivity index (χ0v) is 11.8. The fraction of sp³-hybridized carbons (Fsp3) is 0.417. The van der Waals surface area contributed by atoms with Gasteiger partial charge in [0, 0.05) is 25.8 Å². The minimum Gasteiger partial charge on any atom is -0.383 e. The van der Waals surface area contributed by atoms with Gasteiger partial charge in [-0.05, 0) is 18.2 Å². The third-order valence-corrected chi connectivity index (χ3v) is 3.88. The SMILES string of the molecule is CCNS(=O)(=O)c1cccc(C(=O)NCCOC)c1. The molecule has 0 saturated heterocycles.